The third-order valence-electron chi connectivity index (χ3n) is 2.50. The summed E-state index contributed by atoms with van der Waals surface area (Å²) in [5.41, 5.74) is 1.29. The second kappa shape index (κ2) is 5.59. The van der Waals surface area contributed by atoms with Crippen molar-refractivity contribution < 1.29 is 9.90 Å². The van der Waals surface area contributed by atoms with E-state index in [2.05, 4.69) is 28.3 Å². The van der Waals surface area contributed by atoms with E-state index in [-0.39, 0.29) is 5.69 Å². The van der Waals surface area contributed by atoms with E-state index >= 15 is 0 Å². The summed E-state index contributed by atoms with van der Waals surface area (Å²) in [5, 5.41) is 13.9. The number of nitrogens with zero attached hydrogens (tertiary/aromatic N) is 2. The number of aryl methyl sites for hydroxylation is 1. The van der Waals surface area contributed by atoms with Gasteiger partial charge < -0.3 is 10.4 Å². The van der Waals surface area contributed by atoms with E-state index in [9.17, 15) is 4.79 Å². The van der Waals surface area contributed by atoms with Crippen molar-refractivity contribution in [3.05, 3.63) is 39.8 Å². The molecule has 0 atom stereocenters. The zero-order valence-corrected chi connectivity index (χ0v) is 10.7. The zero-order chi connectivity index (χ0) is 13.0. The fraction of sp³-hybridized carbons (Fsp3) is 0.250. The molecule has 0 fully saturated rings. The van der Waals surface area contributed by atoms with Gasteiger partial charge in [-0.15, -0.1) is 11.3 Å². The van der Waals surface area contributed by atoms with E-state index in [1.165, 1.54) is 22.7 Å². The number of hydrogen-bond donors (Lipinski definition) is 2. The van der Waals surface area contributed by atoms with Gasteiger partial charge in [-0.25, -0.2) is 14.8 Å². The van der Waals surface area contributed by atoms with Crippen LogP contribution in [0.3, 0.4) is 0 Å². The summed E-state index contributed by atoms with van der Waals surface area (Å²) in [6.45, 7) is 2.72. The number of aromatic carboxylic acids is 1. The number of aromatic nitrogens is 2. The summed E-state index contributed by atoms with van der Waals surface area (Å²) in [7, 11) is 0. The molecule has 18 heavy (non-hydrogen) atoms. The summed E-state index contributed by atoms with van der Waals surface area (Å²) in [5.74, 6) is -0.712. The Hall–Kier alpha value is -1.95. The van der Waals surface area contributed by atoms with Crippen LogP contribution in [-0.4, -0.2) is 21.0 Å². The van der Waals surface area contributed by atoms with E-state index in [4.69, 9.17) is 5.11 Å². The second-order valence-corrected chi connectivity index (χ2v) is 4.65. The van der Waals surface area contributed by atoms with Gasteiger partial charge in [0.05, 0.1) is 6.54 Å². The monoisotopic (exact) mass is 263 g/mol. The Balaban J connectivity index is 2.06. The number of carbonyl (C=O) groups is 1. The quantitative estimate of drug-likeness (QED) is 0.866. The predicted molar refractivity (Wildman–Crippen MR) is 70.0 cm³/mol. The van der Waals surface area contributed by atoms with Crippen LogP contribution in [0.15, 0.2) is 23.7 Å². The summed E-state index contributed by atoms with van der Waals surface area (Å²) >= 11 is 1.67. The van der Waals surface area contributed by atoms with Crippen molar-refractivity contribution in [2.24, 2.45) is 0 Å². The Kier molecular flexibility index (Phi) is 3.88. The third kappa shape index (κ3) is 2.84. The van der Waals surface area contributed by atoms with E-state index in [1.807, 2.05) is 5.38 Å². The molecule has 0 bridgehead atoms. The molecule has 0 unspecified atom stereocenters. The first-order valence-electron chi connectivity index (χ1n) is 5.56. The van der Waals surface area contributed by atoms with Gasteiger partial charge in [0.25, 0.3) is 0 Å². The largest absolute Gasteiger partial charge is 0.477 e. The first-order valence-corrected chi connectivity index (χ1v) is 6.44. The van der Waals surface area contributed by atoms with Crippen LogP contribution < -0.4 is 5.32 Å². The van der Waals surface area contributed by atoms with E-state index in [0.29, 0.717) is 12.5 Å². The lowest BCUT2D eigenvalue weighted by molar-refractivity contribution is 0.0690. The SMILES string of the molecule is CCc1ccsc1CNc1nccc(C(=O)O)n1. The summed E-state index contributed by atoms with van der Waals surface area (Å²) in [4.78, 5) is 19.9. The summed E-state index contributed by atoms with van der Waals surface area (Å²) < 4.78 is 0. The smallest absolute Gasteiger partial charge is 0.354 e. The highest BCUT2D eigenvalue weighted by molar-refractivity contribution is 7.10. The molecule has 0 aliphatic heterocycles. The molecule has 5 nitrogen and oxygen atoms in total. The summed E-state index contributed by atoms with van der Waals surface area (Å²) in [6.07, 6.45) is 2.42. The van der Waals surface area contributed by atoms with Gasteiger partial charge in [-0.1, -0.05) is 6.92 Å². The van der Waals surface area contributed by atoms with Crippen molar-refractivity contribution >= 4 is 23.3 Å². The van der Waals surface area contributed by atoms with E-state index in [1.54, 1.807) is 11.3 Å². The molecule has 2 N–H and O–H groups in total. The van der Waals surface area contributed by atoms with Crippen molar-refractivity contribution in [1.29, 1.82) is 0 Å². The molecule has 2 rings (SSSR count). The van der Waals surface area contributed by atoms with Crippen molar-refractivity contribution in [1.82, 2.24) is 9.97 Å². The van der Waals surface area contributed by atoms with Crippen LogP contribution in [0.5, 0.6) is 0 Å². The molecule has 2 aromatic heterocycles. The molecule has 94 valence electrons. The highest BCUT2D eigenvalue weighted by Gasteiger charge is 2.07. The van der Waals surface area contributed by atoms with Gasteiger partial charge in [-0.05, 0) is 29.5 Å². The highest BCUT2D eigenvalue weighted by Crippen LogP contribution is 2.18. The molecule has 0 aromatic carbocycles. The lowest BCUT2D eigenvalue weighted by Crippen LogP contribution is -2.07. The Morgan fingerprint density at radius 2 is 2.33 bits per heavy atom. The number of rotatable bonds is 5. The van der Waals surface area contributed by atoms with Gasteiger partial charge in [0.1, 0.15) is 0 Å². The minimum atomic E-state index is -1.05. The molecule has 0 saturated carbocycles. The normalized spacial score (nSPS) is 10.3. The van der Waals surface area contributed by atoms with E-state index in [0.717, 1.165) is 6.42 Å². The number of nitrogens with one attached hydrogen (secondary N) is 1. The van der Waals surface area contributed by atoms with Crippen LogP contribution >= 0.6 is 11.3 Å². The molecule has 0 spiro atoms. The third-order valence-corrected chi connectivity index (χ3v) is 3.46. The maximum Gasteiger partial charge on any atom is 0.354 e. The number of hydrogen-bond acceptors (Lipinski definition) is 5. The van der Waals surface area contributed by atoms with Gasteiger partial charge in [0.15, 0.2) is 5.69 Å². The minimum Gasteiger partial charge on any atom is -0.477 e. The Labute approximate surface area is 109 Å². The Morgan fingerprint density at radius 1 is 1.50 bits per heavy atom. The topological polar surface area (TPSA) is 75.1 Å². The Morgan fingerprint density at radius 3 is 3.06 bits per heavy atom. The Bertz CT molecular complexity index is 554. The molecule has 2 aromatic rings. The fourth-order valence-corrected chi connectivity index (χ4v) is 2.48. The molecule has 0 aliphatic rings. The van der Waals surface area contributed by atoms with Crippen molar-refractivity contribution in [3.8, 4) is 0 Å². The van der Waals surface area contributed by atoms with Crippen LogP contribution in [-0.2, 0) is 13.0 Å². The van der Waals surface area contributed by atoms with Crippen LogP contribution in [0.2, 0.25) is 0 Å². The van der Waals surface area contributed by atoms with Crippen molar-refractivity contribution in [3.63, 3.8) is 0 Å². The van der Waals surface area contributed by atoms with Crippen molar-refractivity contribution in [2.45, 2.75) is 19.9 Å². The fourth-order valence-electron chi connectivity index (χ4n) is 1.56. The lowest BCUT2D eigenvalue weighted by atomic mass is 10.2. The number of thiophene rings is 1. The molecular formula is C12H13N3O2S. The van der Waals surface area contributed by atoms with Crippen LogP contribution in [0.25, 0.3) is 0 Å². The molecule has 2 heterocycles. The van der Waals surface area contributed by atoms with Crippen molar-refractivity contribution in [2.75, 3.05) is 5.32 Å². The maximum atomic E-state index is 10.8. The molecular weight excluding hydrogens is 250 g/mol. The van der Waals surface area contributed by atoms with Gasteiger partial charge in [0.2, 0.25) is 5.95 Å². The number of carboxylic acid groups (broad SMARTS) is 1. The van der Waals surface area contributed by atoms with Crippen LogP contribution in [0.1, 0.15) is 27.9 Å². The van der Waals surface area contributed by atoms with Crippen LogP contribution in [0.4, 0.5) is 5.95 Å². The molecule has 0 amide bonds. The number of carboxylic acids is 1. The first-order chi connectivity index (χ1) is 8.70. The molecule has 6 heteroatoms. The average Bonchev–Trinajstić information content (AvgIpc) is 2.84. The highest BCUT2D eigenvalue weighted by atomic mass is 32.1. The minimum absolute atomic E-state index is 0.00519. The second-order valence-electron chi connectivity index (χ2n) is 3.65. The summed E-state index contributed by atoms with van der Waals surface area (Å²) in [6, 6.07) is 3.46. The van der Waals surface area contributed by atoms with Gasteiger partial charge >= 0.3 is 5.97 Å². The first kappa shape index (κ1) is 12.5. The maximum absolute atomic E-state index is 10.8. The molecule has 0 aliphatic carbocycles. The number of anilines is 1. The van der Waals surface area contributed by atoms with Gasteiger partial charge in [-0.3, -0.25) is 0 Å². The van der Waals surface area contributed by atoms with Crippen LogP contribution in [0, 0.1) is 0 Å². The molecule has 0 radical (unpaired) electrons. The van der Waals surface area contributed by atoms with Gasteiger partial charge in [-0.2, -0.15) is 0 Å². The lowest BCUT2D eigenvalue weighted by Gasteiger charge is -2.05. The molecule has 0 saturated heterocycles. The van der Waals surface area contributed by atoms with Gasteiger partial charge in [0, 0.05) is 11.1 Å². The zero-order valence-electron chi connectivity index (χ0n) is 9.88. The van der Waals surface area contributed by atoms with E-state index < -0.39 is 5.97 Å². The average molecular weight is 263 g/mol. The predicted octanol–water partition coefficient (Wildman–Crippen LogP) is 2.41. The standard InChI is InChI=1S/C12H13N3O2S/c1-2-8-4-6-18-10(8)7-14-12-13-5-3-9(15-12)11(16)17/h3-6H,2,7H2,1H3,(H,16,17)(H,13,14,15).